The average Bonchev–Trinajstić information content (AvgIpc) is 2.71. The molecule has 0 saturated heterocycles. The molecule has 0 saturated carbocycles. The largest absolute Gasteiger partial charge is 0.304 e. The van der Waals surface area contributed by atoms with Gasteiger partial charge in [-0.2, -0.15) is 0 Å². The Bertz CT molecular complexity index is 695. The molecule has 0 heterocycles. The van der Waals surface area contributed by atoms with Crippen molar-refractivity contribution in [2.45, 2.75) is 51.3 Å². The van der Waals surface area contributed by atoms with Crippen molar-refractivity contribution in [2.24, 2.45) is 4.99 Å². The van der Waals surface area contributed by atoms with Crippen LogP contribution in [0.2, 0.25) is 0 Å². The van der Waals surface area contributed by atoms with Crippen LogP contribution in [0.3, 0.4) is 0 Å². The zero-order chi connectivity index (χ0) is 23.4. The van der Waals surface area contributed by atoms with E-state index in [2.05, 4.69) is 24.5 Å². The number of hydrogen-bond donors (Lipinski definition) is 1. The average molecular weight is 476 g/mol. The Kier molecular flexibility index (Phi) is 20.7. The van der Waals surface area contributed by atoms with Gasteiger partial charge in [0.25, 0.3) is 11.4 Å². The van der Waals surface area contributed by atoms with Gasteiger partial charge in [-0.1, -0.05) is 37.5 Å². The molecule has 0 spiro atoms. The van der Waals surface area contributed by atoms with Crippen molar-refractivity contribution in [3.63, 3.8) is 0 Å². The summed E-state index contributed by atoms with van der Waals surface area (Å²) in [6, 6.07) is 6.01. The van der Waals surface area contributed by atoms with Crippen LogP contribution in [0.4, 0.5) is 5.69 Å². The first-order valence-electron chi connectivity index (χ1n) is 9.23. The lowest BCUT2D eigenvalue weighted by Gasteiger charge is -2.02. The first-order chi connectivity index (χ1) is 14.3. The molecule has 0 amide bonds. The molecule has 0 unspecified atom stereocenters. The minimum absolute atomic E-state index is 0.0952. The molecule has 0 N–H and O–H groups in total. The van der Waals surface area contributed by atoms with Gasteiger partial charge in [0.1, 0.15) is 6.29 Å². The van der Waals surface area contributed by atoms with E-state index < -0.39 is 4.92 Å². The smallest absolute Gasteiger partial charge is 0.297 e. The van der Waals surface area contributed by atoms with Gasteiger partial charge < -0.3 is 4.79 Å². The Morgan fingerprint density at radius 1 is 1.17 bits per heavy atom. The number of aldehydes is 1. The molecule has 0 bridgehead atoms. The SMILES string of the molecule is CC/C=C(\C(=NC)SSCCCCC)[N+](=O)[O-].CC=O.O=[N+]([O-])c1ccc(S)cc1. The minimum atomic E-state index is -0.437. The van der Waals surface area contributed by atoms with Crippen LogP contribution in [-0.4, -0.2) is 34.0 Å². The number of rotatable bonds is 9. The number of allylic oxidation sites excluding steroid dienone is 1. The number of benzene rings is 1. The molecule has 1 aromatic rings. The van der Waals surface area contributed by atoms with Gasteiger partial charge in [-0.3, -0.25) is 25.2 Å². The Labute approximate surface area is 191 Å². The highest BCUT2D eigenvalue weighted by atomic mass is 33.1. The molecular weight excluding hydrogens is 446 g/mol. The topological polar surface area (TPSA) is 116 Å². The lowest BCUT2D eigenvalue weighted by molar-refractivity contribution is -0.414. The Balaban J connectivity index is 0. The monoisotopic (exact) mass is 475 g/mol. The minimum Gasteiger partial charge on any atom is -0.304 e. The maximum atomic E-state index is 10.9. The van der Waals surface area contributed by atoms with Crippen LogP contribution >= 0.6 is 34.2 Å². The van der Waals surface area contributed by atoms with Crippen LogP contribution in [0.25, 0.3) is 0 Å². The van der Waals surface area contributed by atoms with Crippen LogP contribution in [0.1, 0.15) is 46.5 Å². The van der Waals surface area contributed by atoms with E-state index in [0.717, 1.165) is 23.4 Å². The summed E-state index contributed by atoms with van der Waals surface area (Å²) in [5.41, 5.74) is 0.223. The molecule has 1 rings (SSSR count). The van der Waals surface area contributed by atoms with Crippen molar-refractivity contribution >= 4 is 51.2 Å². The summed E-state index contributed by atoms with van der Waals surface area (Å²) in [5.74, 6) is 1.01. The fraction of sp³-hybridized carbons (Fsp3) is 0.474. The third kappa shape index (κ3) is 16.0. The van der Waals surface area contributed by atoms with Gasteiger partial charge in [-0.05, 0) is 48.8 Å². The number of hydrogen-bond acceptors (Lipinski definition) is 9. The maximum Gasteiger partial charge on any atom is 0.297 e. The summed E-state index contributed by atoms with van der Waals surface area (Å²) in [5, 5.41) is 21.5. The molecule has 0 aliphatic rings. The van der Waals surface area contributed by atoms with Gasteiger partial charge in [0, 0.05) is 29.8 Å². The second kappa shape index (κ2) is 20.4. The molecule has 8 nitrogen and oxygen atoms in total. The van der Waals surface area contributed by atoms with Crippen LogP contribution < -0.4 is 0 Å². The van der Waals surface area contributed by atoms with Crippen molar-refractivity contribution in [1.29, 1.82) is 0 Å². The van der Waals surface area contributed by atoms with Crippen LogP contribution in [0.5, 0.6) is 0 Å². The highest BCUT2D eigenvalue weighted by Crippen LogP contribution is 2.28. The van der Waals surface area contributed by atoms with Crippen LogP contribution in [0, 0.1) is 20.2 Å². The van der Waals surface area contributed by atoms with Gasteiger partial charge in [-0.25, -0.2) is 0 Å². The van der Waals surface area contributed by atoms with Gasteiger partial charge >= 0.3 is 0 Å². The van der Waals surface area contributed by atoms with Crippen molar-refractivity contribution in [2.75, 3.05) is 12.8 Å². The third-order valence-electron chi connectivity index (χ3n) is 3.05. The summed E-state index contributed by atoms with van der Waals surface area (Å²) in [4.78, 5) is 33.7. The predicted octanol–water partition coefficient (Wildman–Crippen LogP) is 6.25. The van der Waals surface area contributed by atoms with Gasteiger partial charge in [0.05, 0.1) is 9.85 Å². The van der Waals surface area contributed by atoms with Gasteiger partial charge in [-0.15, -0.1) is 12.6 Å². The summed E-state index contributed by atoms with van der Waals surface area (Å²) in [7, 11) is 4.64. The first kappa shape index (κ1) is 30.3. The summed E-state index contributed by atoms with van der Waals surface area (Å²) >= 11 is 3.98. The molecule has 0 atom stereocenters. The lowest BCUT2D eigenvalue weighted by atomic mass is 10.3. The zero-order valence-electron chi connectivity index (χ0n) is 17.6. The normalized spacial score (nSPS) is 10.8. The quantitative estimate of drug-likeness (QED) is 0.0656. The van der Waals surface area contributed by atoms with Crippen molar-refractivity contribution in [3.05, 3.63) is 56.3 Å². The van der Waals surface area contributed by atoms with Crippen molar-refractivity contribution in [1.82, 2.24) is 0 Å². The van der Waals surface area contributed by atoms with E-state index in [1.165, 1.54) is 42.7 Å². The van der Waals surface area contributed by atoms with E-state index in [9.17, 15) is 20.2 Å². The first-order valence-corrected chi connectivity index (χ1v) is 12.0. The summed E-state index contributed by atoms with van der Waals surface area (Å²) < 4.78 is 0. The molecule has 0 radical (unpaired) electrons. The number of unbranched alkanes of at least 4 members (excludes halogenated alkanes) is 2. The predicted molar refractivity (Wildman–Crippen MR) is 130 cm³/mol. The van der Waals surface area contributed by atoms with Crippen molar-refractivity contribution in [3.8, 4) is 0 Å². The fourth-order valence-electron chi connectivity index (χ4n) is 1.71. The number of nitro groups is 2. The second-order valence-electron chi connectivity index (χ2n) is 5.41. The Hall–Kier alpha value is -1.85. The number of thiol groups is 1. The molecular formula is C19H29N3O5S3. The van der Waals surface area contributed by atoms with E-state index in [0.29, 0.717) is 11.5 Å². The van der Waals surface area contributed by atoms with E-state index in [4.69, 9.17) is 4.79 Å². The molecule has 1 aromatic carbocycles. The summed E-state index contributed by atoms with van der Waals surface area (Å²) in [6.07, 6.45) is 6.56. The van der Waals surface area contributed by atoms with E-state index in [-0.39, 0.29) is 16.3 Å². The standard InChI is InChI=1S/C11H20N2O2S2.C6H5NO2S.C2H4O/c1-4-6-7-9-16-17-11(12-3)10(8-5-2)13(14)15;8-7(9)5-1-3-6(10)4-2-5;1-2-3/h8H,4-7,9H2,1-3H3;1-4,10H;2H,1H3/b10-8+,12-11?;;. The molecule has 30 heavy (non-hydrogen) atoms. The number of nitro benzene ring substituents is 1. The third-order valence-corrected chi connectivity index (χ3v) is 5.79. The van der Waals surface area contributed by atoms with E-state index in [1.807, 2.05) is 6.92 Å². The van der Waals surface area contributed by atoms with Crippen LogP contribution in [0.15, 0.2) is 45.9 Å². The zero-order valence-corrected chi connectivity index (χ0v) is 20.2. The van der Waals surface area contributed by atoms with Crippen molar-refractivity contribution < 1.29 is 14.6 Å². The highest BCUT2D eigenvalue weighted by Gasteiger charge is 2.18. The Morgan fingerprint density at radius 3 is 2.13 bits per heavy atom. The molecule has 0 aliphatic heterocycles. The highest BCUT2D eigenvalue weighted by molar-refractivity contribution is 8.82. The van der Waals surface area contributed by atoms with Crippen LogP contribution in [-0.2, 0) is 4.79 Å². The number of carbonyl (C=O) groups is 1. The molecule has 0 fully saturated rings. The summed E-state index contributed by atoms with van der Waals surface area (Å²) in [6.45, 7) is 5.49. The molecule has 168 valence electrons. The van der Waals surface area contributed by atoms with E-state index in [1.54, 1.807) is 36.1 Å². The Morgan fingerprint density at radius 2 is 1.73 bits per heavy atom. The molecule has 0 aromatic heterocycles. The lowest BCUT2D eigenvalue weighted by Crippen LogP contribution is -2.07. The fourth-order valence-corrected chi connectivity index (χ4v) is 4.11. The van der Waals surface area contributed by atoms with E-state index >= 15 is 0 Å². The number of carbonyl (C=O) groups excluding carboxylic acids is 1. The maximum absolute atomic E-state index is 10.9. The number of non-ortho nitro benzene ring substituents is 1. The second-order valence-corrected chi connectivity index (χ2v) is 8.33. The van der Waals surface area contributed by atoms with Gasteiger partial charge in [0.15, 0.2) is 5.04 Å². The number of nitrogens with zero attached hydrogens (tertiary/aromatic N) is 3. The molecule has 11 heteroatoms. The molecule has 0 aliphatic carbocycles. The van der Waals surface area contributed by atoms with Gasteiger partial charge in [0.2, 0.25) is 0 Å². The number of aliphatic imine (C=N–C) groups is 1.